The largest absolute Gasteiger partial charge is 0.291 e. The first-order chi connectivity index (χ1) is 9.86. The van der Waals surface area contributed by atoms with E-state index in [0.717, 1.165) is 22.3 Å². The van der Waals surface area contributed by atoms with Crippen LogP contribution in [0.3, 0.4) is 0 Å². The number of hydrogen-bond donors (Lipinski definition) is 0. The zero-order valence-corrected chi connectivity index (χ0v) is 10.7. The fourth-order valence-corrected chi connectivity index (χ4v) is 3.96. The van der Waals surface area contributed by atoms with Crippen LogP contribution in [-0.2, 0) is 9.59 Å². The van der Waals surface area contributed by atoms with E-state index in [1.54, 1.807) is 0 Å². The number of carbonyl (C=O) groups excluding carboxylic acids is 2. The molecule has 2 radical (unpaired) electrons. The summed E-state index contributed by atoms with van der Waals surface area (Å²) in [6, 6.07) is 16.2. The van der Waals surface area contributed by atoms with Crippen molar-refractivity contribution >= 4 is 12.6 Å². The number of rotatable bonds is 2. The molecule has 3 aliphatic rings. The summed E-state index contributed by atoms with van der Waals surface area (Å²) >= 11 is 0. The van der Waals surface area contributed by atoms with Crippen LogP contribution in [0.5, 0.6) is 0 Å². The van der Waals surface area contributed by atoms with E-state index in [1.807, 2.05) is 24.3 Å². The Labute approximate surface area is 117 Å². The third-order valence-electron chi connectivity index (χ3n) is 4.71. The molecule has 96 valence electrons. The highest BCUT2D eigenvalue weighted by atomic mass is 16.1. The minimum atomic E-state index is -0.415. The van der Waals surface area contributed by atoms with Gasteiger partial charge in [-0.2, -0.15) is 0 Å². The predicted octanol–water partition coefficient (Wildman–Crippen LogP) is 2.73. The maximum absolute atomic E-state index is 11.4. The highest BCUT2D eigenvalue weighted by molar-refractivity contribution is 5.76. The van der Waals surface area contributed by atoms with Crippen molar-refractivity contribution in [3.8, 4) is 0 Å². The van der Waals surface area contributed by atoms with Crippen molar-refractivity contribution in [3.63, 3.8) is 0 Å². The molecule has 0 N–H and O–H groups in total. The molecule has 0 fully saturated rings. The van der Waals surface area contributed by atoms with E-state index in [1.165, 1.54) is 0 Å². The minimum absolute atomic E-state index is 0.0589. The first-order valence-corrected chi connectivity index (χ1v) is 6.79. The quantitative estimate of drug-likeness (QED) is 0.832. The molecule has 0 amide bonds. The van der Waals surface area contributed by atoms with Crippen LogP contribution in [-0.4, -0.2) is 12.6 Å². The molecule has 0 aromatic heterocycles. The Morgan fingerprint density at radius 1 is 0.600 bits per heavy atom. The van der Waals surface area contributed by atoms with Gasteiger partial charge in [0.25, 0.3) is 0 Å². The summed E-state index contributed by atoms with van der Waals surface area (Å²) in [7, 11) is 0. The molecule has 0 aliphatic heterocycles. The summed E-state index contributed by atoms with van der Waals surface area (Å²) in [5.41, 5.74) is 4.65. The first kappa shape index (κ1) is 11.6. The highest BCUT2D eigenvalue weighted by Gasteiger charge is 2.50. The Balaban J connectivity index is 2.06. The van der Waals surface area contributed by atoms with Gasteiger partial charge in [-0.15, -0.1) is 0 Å². The second kappa shape index (κ2) is 4.14. The Hall–Kier alpha value is -2.22. The molecule has 2 nitrogen and oxygen atoms in total. The second-order valence-corrected chi connectivity index (χ2v) is 5.50. The van der Waals surface area contributed by atoms with E-state index >= 15 is 0 Å². The summed E-state index contributed by atoms with van der Waals surface area (Å²) in [5.74, 6) is -0.947. The van der Waals surface area contributed by atoms with Crippen LogP contribution in [0.4, 0.5) is 0 Å². The van der Waals surface area contributed by atoms with Crippen LogP contribution in [0.15, 0.2) is 48.5 Å². The number of hydrogen-bond acceptors (Lipinski definition) is 2. The lowest BCUT2D eigenvalue weighted by atomic mass is 9.55. The average Bonchev–Trinajstić information content (AvgIpc) is 2.53. The summed E-state index contributed by atoms with van der Waals surface area (Å²) in [5, 5.41) is 0. The van der Waals surface area contributed by atoms with Crippen LogP contribution in [0.25, 0.3) is 0 Å². The molecule has 0 spiro atoms. The van der Waals surface area contributed by atoms with E-state index in [4.69, 9.17) is 0 Å². The van der Waals surface area contributed by atoms with Gasteiger partial charge in [-0.25, -0.2) is 0 Å². The van der Waals surface area contributed by atoms with Gasteiger partial charge in [-0.3, -0.25) is 9.59 Å². The molecule has 2 atom stereocenters. The standard InChI is InChI=1S/C18H12O2/c19-9-15-16(10-20)18-12-6-2-1-5-11(12)17(15)13-7-3-4-8-14(13)18/h1-8,15-18H. The van der Waals surface area contributed by atoms with Crippen LogP contribution in [0.1, 0.15) is 34.1 Å². The van der Waals surface area contributed by atoms with Gasteiger partial charge in [0, 0.05) is 23.7 Å². The van der Waals surface area contributed by atoms with E-state index in [9.17, 15) is 9.59 Å². The summed E-state index contributed by atoms with van der Waals surface area (Å²) in [6.45, 7) is 0. The monoisotopic (exact) mass is 260 g/mol. The van der Waals surface area contributed by atoms with Gasteiger partial charge < -0.3 is 0 Å². The van der Waals surface area contributed by atoms with Crippen molar-refractivity contribution < 1.29 is 9.59 Å². The molecule has 0 heterocycles. The fourth-order valence-electron chi connectivity index (χ4n) is 3.96. The Morgan fingerprint density at radius 2 is 0.900 bits per heavy atom. The van der Waals surface area contributed by atoms with Gasteiger partial charge in [-0.1, -0.05) is 48.5 Å². The summed E-state index contributed by atoms with van der Waals surface area (Å²) < 4.78 is 0. The zero-order valence-electron chi connectivity index (χ0n) is 10.7. The smallest absolute Gasteiger partial charge is 0.203 e. The molecule has 2 aromatic rings. The molecule has 3 aliphatic carbocycles. The van der Waals surface area contributed by atoms with Crippen molar-refractivity contribution in [3.05, 3.63) is 70.8 Å². The minimum Gasteiger partial charge on any atom is -0.291 e. The molecule has 2 bridgehead atoms. The molecule has 5 rings (SSSR count). The van der Waals surface area contributed by atoms with Gasteiger partial charge >= 0.3 is 0 Å². The molecule has 0 saturated carbocycles. The Bertz CT molecular complexity index is 597. The third kappa shape index (κ3) is 1.29. The van der Waals surface area contributed by atoms with Gasteiger partial charge in [0.05, 0.1) is 0 Å². The molecule has 2 aromatic carbocycles. The second-order valence-electron chi connectivity index (χ2n) is 5.50. The molecule has 0 saturated heterocycles. The Morgan fingerprint density at radius 3 is 1.15 bits per heavy atom. The van der Waals surface area contributed by atoms with Crippen molar-refractivity contribution in [2.75, 3.05) is 0 Å². The van der Waals surface area contributed by atoms with Gasteiger partial charge in [0.2, 0.25) is 12.6 Å². The molecular formula is C18H12O2. The predicted molar refractivity (Wildman–Crippen MR) is 74.9 cm³/mol. The van der Waals surface area contributed by atoms with Crippen LogP contribution in [0, 0.1) is 11.8 Å². The van der Waals surface area contributed by atoms with Crippen LogP contribution in [0.2, 0.25) is 0 Å². The normalized spacial score (nSPS) is 29.4. The van der Waals surface area contributed by atoms with Crippen molar-refractivity contribution in [2.24, 2.45) is 11.8 Å². The summed E-state index contributed by atoms with van der Waals surface area (Å²) in [4.78, 5) is 22.9. The van der Waals surface area contributed by atoms with E-state index in [2.05, 4.69) is 36.8 Å². The van der Waals surface area contributed by atoms with E-state index in [-0.39, 0.29) is 11.8 Å². The highest BCUT2D eigenvalue weighted by Crippen LogP contribution is 2.56. The Kier molecular flexibility index (Phi) is 2.40. The van der Waals surface area contributed by atoms with E-state index < -0.39 is 11.8 Å². The van der Waals surface area contributed by atoms with Gasteiger partial charge in [0.15, 0.2) is 0 Å². The van der Waals surface area contributed by atoms with Crippen molar-refractivity contribution in [2.45, 2.75) is 11.8 Å². The molecular weight excluding hydrogens is 248 g/mol. The lowest BCUT2D eigenvalue weighted by Crippen LogP contribution is -2.41. The van der Waals surface area contributed by atoms with Crippen molar-refractivity contribution in [1.82, 2.24) is 0 Å². The topological polar surface area (TPSA) is 34.1 Å². The molecule has 2 heteroatoms. The third-order valence-corrected chi connectivity index (χ3v) is 4.71. The zero-order chi connectivity index (χ0) is 13.7. The average molecular weight is 260 g/mol. The summed E-state index contributed by atoms with van der Waals surface area (Å²) in [6.07, 6.45) is 4.21. The van der Waals surface area contributed by atoms with Crippen LogP contribution >= 0.6 is 0 Å². The lowest BCUT2D eigenvalue weighted by molar-refractivity contribution is 0.345. The van der Waals surface area contributed by atoms with Crippen molar-refractivity contribution in [1.29, 1.82) is 0 Å². The maximum Gasteiger partial charge on any atom is 0.203 e. The van der Waals surface area contributed by atoms with Crippen LogP contribution < -0.4 is 0 Å². The van der Waals surface area contributed by atoms with Gasteiger partial charge in [0.1, 0.15) is 0 Å². The van der Waals surface area contributed by atoms with E-state index in [0.29, 0.717) is 0 Å². The SMILES string of the molecule is O=[C]C1C2c3ccccc3C(c3ccccc32)C1[C]=O. The molecule has 20 heavy (non-hydrogen) atoms. The van der Waals surface area contributed by atoms with Gasteiger partial charge in [-0.05, 0) is 22.3 Å². The first-order valence-electron chi connectivity index (χ1n) is 6.79. The number of fused-ring (bicyclic) bond motifs is 1. The molecule has 2 unspecified atom stereocenters. The lowest BCUT2D eigenvalue weighted by Gasteiger charge is -2.46. The maximum atomic E-state index is 11.4. The number of benzene rings is 2. The fraction of sp³-hybridized carbons (Fsp3) is 0.222.